The number of carboxylic acids is 2. The Kier molecular flexibility index (Phi) is 12.2. The van der Waals surface area contributed by atoms with E-state index in [1.54, 1.807) is 18.7 Å². The number of thioether (sulfide) groups is 2. The van der Waals surface area contributed by atoms with E-state index in [9.17, 15) is 9.59 Å². The Morgan fingerprint density at radius 2 is 2.00 bits per heavy atom. The van der Waals surface area contributed by atoms with Crippen molar-refractivity contribution in [3.63, 3.8) is 0 Å². The van der Waals surface area contributed by atoms with Crippen LogP contribution >= 0.6 is 23.5 Å². The van der Waals surface area contributed by atoms with Crippen molar-refractivity contribution >= 4 is 35.5 Å². The number of aliphatic carboxylic acids is 2. The topological polar surface area (TPSA) is 93.1 Å². The van der Waals surface area contributed by atoms with Crippen molar-refractivity contribution in [2.45, 2.75) is 69.0 Å². The first-order valence-corrected chi connectivity index (χ1v) is 13.1. The second kappa shape index (κ2) is 14.6. The molecule has 0 aromatic heterocycles. The molecule has 2 unspecified atom stereocenters. The molecule has 0 saturated carbocycles. The zero-order chi connectivity index (χ0) is 22.5. The van der Waals surface area contributed by atoms with Gasteiger partial charge in [-0.05, 0) is 61.5 Å². The van der Waals surface area contributed by atoms with Gasteiger partial charge in [0, 0.05) is 23.8 Å². The van der Waals surface area contributed by atoms with E-state index >= 15 is 0 Å². The number of carbonyl (C=O) groups is 2. The van der Waals surface area contributed by atoms with Crippen molar-refractivity contribution < 1.29 is 29.3 Å². The minimum absolute atomic E-state index is 0.0595. The lowest BCUT2D eigenvalue weighted by atomic mass is 9.91. The number of benzene rings is 1. The quantitative estimate of drug-likeness (QED) is 0.443. The first kappa shape index (κ1) is 25.9. The van der Waals surface area contributed by atoms with Crippen LogP contribution in [0.3, 0.4) is 0 Å². The Labute approximate surface area is 193 Å². The van der Waals surface area contributed by atoms with Gasteiger partial charge in [-0.25, -0.2) is 0 Å². The van der Waals surface area contributed by atoms with Crippen LogP contribution in [0, 0.1) is 0 Å². The Balaban J connectivity index is 0.000000614. The molecule has 1 aliphatic carbocycles. The Morgan fingerprint density at radius 3 is 2.74 bits per heavy atom. The smallest absolute Gasteiger partial charge is 0.303 e. The normalized spacial score (nSPS) is 19.8. The van der Waals surface area contributed by atoms with Gasteiger partial charge in [0.2, 0.25) is 0 Å². The van der Waals surface area contributed by atoms with Crippen LogP contribution in [0.2, 0.25) is 0 Å². The molecule has 6 nitrogen and oxygen atoms in total. The molecule has 1 saturated heterocycles. The third-order valence-corrected chi connectivity index (χ3v) is 7.85. The van der Waals surface area contributed by atoms with Gasteiger partial charge in [-0.1, -0.05) is 19.1 Å². The molecule has 1 aromatic rings. The summed E-state index contributed by atoms with van der Waals surface area (Å²) in [6.45, 7) is 3.12. The third-order valence-electron chi connectivity index (χ3n) is 5.06. The molecule has 2 atom stereocenters. The predicted octanol–water partition coefficient (Wildman–Crippen LogP) is 4.87. The lowest BCUT2D eigenvalue weighted by Gasteiger charge is -2.19. The molecule has 2 aliphatic rings. The number of hydrogen-bond acceptors (Lipinski definition) is 6. The van der Waals surface area contributed by atoms with E-state index in [1.807, 2.05) is 11.8 Å². The monoisotopic (exact) mass is 470 g/mol. The number of fused-ring (bicyclic) bond motifs is 1. The fourth-order valence-corrected chi connectivity index (χ4v) is 5.88. The summed E-state index contributed by atoms with van der Waals surface area (Å²) < 4.78 is 11.7. The minimum Gasteiger partial charge on any atom is -0.493 e. The van der Waals surface area contributed by atoms with Gasteiger partial charge in [0.05, 0.1) is 13.2 Å². The van der Waals surface area contributed by atoms with Crippen molar-refractivity contribution in [2.75, 3.05) is 24.7 Å². The maximum atomic E-state index is 10.6. The summed E-state index contributed by atoms with van der Waals surface area (Å²) in [5.41, 5.74) is 2.96. The van der Waals surface area contributed by atoms with E-state index in [4.69, 9.17) is 19.7 Å². The third kappa shape index (κ3) is 10.2. The predicted molar refractivity (Wildman–Crippen MR) is 126 cm³/mol. The van der Waals surface area contributed by atoms with Crippen molar-refractivity contribution in [1.82, 2.24) is 0 Å². The average molecular weight is 471 g/mol. The summed E-state index contributed by atoms with van der Waals surface area (Å²) in [5.74, 6) is 1.76. The van der Waals surface area contributed by atoms with Crippen LogP contribution in [-0.2, 0) is 27.2 Å². The van der Waals surface area contributed by atoms with E-state index in [1.165, 1.54) is 30.4 Å². The van der Waals surface area contributed by atoms with Crippen molar-refractivity contribution in [1.29, 1.82) is 0 Å². The fraction of sp³-hybridized carbons (Fsp3) is 0.652. The highest BCUT2D eigenvalue weighted by molar-refractivity contribution is 8.03. The van der Waals surface area contributed by atoms with Crippen LogP contribution in [0.1, 0.15) is 56.6 Å². The van der Waals surface area contributed by atoms with Crippen LogP contribution in [0.5, 0.6) is 5.75 Å². The van der Waals surface area contributed by atoms with Crippen molar-refractivity contribution in [3.8, 4) is 5.75 Å². The van der Waals surface area contributed by atoms with Gasteiger partial charge in [0.1, 0.15) is 11.2 Å². The molecule has 2 N–H and O–H groups in total. The number of carboxylic acid groups (broad SMARTS) is 2. The molecule has 31 heavy (non-hydrogen) atoms. The number of aryl methyl sites for hydroxylation is 1. The Hall–Kier alpha value is -1.38. The molecule has 1 aliphatic heterocycles. The molecular formula is C23H34O6S2. The molecule has 0 radical (unpaired) electrons. The zero-order valence-corrected chi connectivity index (χ0v) is 19.8. The Bertz CT molecular complexity index is 697. The summed E-state index contributed by atoms with van der Waals surface area (Å²) in [4.78, 5) is 20.0. The van der Waals surface area contributed by atoms with E-state index in [2.05, 4.69) is 18.2 Å². The van der Waals surface area contributed by atoms with Gasteiger partial charge in [-0.2, -0.15) is 11.8 Å². The number of ether oxygens (including phenoxy) is 2. The zero-order valence-electron chi connectivity index (χ0n) is 18.2. The SMILES string of the molecule is CCC(=O)O.O=C(O)CCC1OCC(CSCCCOc2cccc3c2CCCC3)S1. The van der Waals surface area contributed by atoms with E-state index < -0.39 is 11.9 Å². The summed E-state index contributed by atoms with van der Waals surface area (Å²) in [6, 6.07) is 6.47. The summed E-state index contributed by atoms with van der Waals surface area (Å²) >= 11 is 3.73. The van der Waals surface area contributed by atoms with Crippen molar-refractivity contribution in [3.05, 3.63) is 29.3 Å². The average Bonchev–Trinajstić information content (AvgIpc) is 3.23. The molecule has 1 aromatic carbocycles. The van der Waals surface area contributed by atoms with Crippen LogP contribution in [0.15, 0.2) is 18.2 Å². The van der Waals surface area contributed by atoms with Crippen LogP contribution < -0.4 is 4.74 Å². The summed E-state index contributed by atoms with van der Waals surface area (Å²) in [7, 11) is 0. The number of rotatable bonds is 11. The maximum absolute atomic E-state index is 10.6. The van der Waals surface area contributed by atoms with Gasteiger partial charge in [0.15, 0.2) is 0 Å². The van der Waals surface area contributed by atoms with Gasteiger partial charge in [-0.15, -0.1) is 11.8 Å². The standard InChI is InChI=1S/C20H28O4S2.C3H6O2/c21-19(22)9-10-20-24-13-16(26-20)14-25-12-4-11-23-18-8-3-6-15-5-1-2-7-17(15)18;1-2-3(4)5/h3,6,8,16,20H,1-2,4-5,7,9-14H2,(H,21,22);2H2,1H3,(H,4,5). The van der Waals surface area contributed by atoms with Crippen LogP contribution in [0.25, 0.3) is 0 Å². The minimum atomic E-state index is -0.745. The number of hydrogen-bond donors (Lipinski definition) is 2. The highest BCUT2D eigenvalue weighted by Crippen LogP contribution is 2.33. The lowest BCUT2D eigenvalue weighted by molar-refractivity contribution is -0.138. The second-order valence-corrected chi connectivity index (χ2v) is 10.2. The molecule has 1 heterocycles. The molecule has 174 valence electrons. The highest BCUT2D eigenvalue weighted by atomic mass is 32.2. The summed E-state index contributed by atoms with van der Waals surface area (Å²) in [6.07, 6.45) is 6.99. The van der Waals surface area contributed by atoms with Gasteiger partial charge in [-0.3, -0.25) is 9.59 Å². The van der Waals surface area contributed by atoms with Gasteiger partial charge in [0.25, 0.3) is 0 Å². The molecule has 1 fully saturated rings. The second-order valence-electron chi connectivity index (χ2n) is 7.58. The highest BCUT2D eigenvalue weighted by Gasteiger charge is 2.26. The first-order valence-electron chi connectivity index (χ1n) is 11.0. The molecule has 8 heteroatoms. The molecule has 0 amide bonds. The van der Waals surface area contributed by atoms with E-state index in [-0.39, 0.29) is 18.3 Å². The maximum Gasteiger partial charge on any atom is 0.303 e. The molecular weight excluding hydrogens is 436 g/mol. The van der Waals surface area contributed by atoms with Crippen molar-refractivity contribution in [2.24, 2.45) is 0 Å². The van der Waals surface area contributed by atoms with E-state index in [0.717, 1.165) is 43.3 Å². The molecule has 0 spiro atoms. The van der Waals surface area contributed by atoms with Gasteiger partial charge >= 0.3 is 11.9 Å². The molecule has 3 rings (SSSR count). The van der Waals surface area contributed by atoms with E-state index in [0.29, 0.717) is 11.7 Å². The molecule has 0 bridgehead atoms. The van der Waals surface area contributed by atoms with Gasteiger partial charge < -0.3 is 19.7 Å². The Morgan fingerprint density at radius 1 is 1.23 bits per heavy atom. The van der Waals surface area contributed by atoms with Crippen LogP contribution in [-0.4, -0.2) is 57.6 Å². The van der Waals surface area contributed by atoms with Crippen LogP contribution in [0.4, 0.5) is 0 Å². The summed E-state index contributed by atoms with van der Waals surface area (Å²) in [5, 5.41) is 16.9. The first-order chi connectivity index (χ1) is 15.0. The fourth-order valence-electron chi connectivity index (χ4n) is 3.43. The largest absolute Gasteiger partial charge is 0.493 e. The lowest BCUT2D eigenvalue weighted by Crippen LogP contribution is -2.09.